The van der Waals surface area contributed by atoms with E-state index in [9.17, 15) is 26.3 Å². The van der Waals surface area contributed by atoms with E-state index in [0.29, 0.717) is 5.56 Å². The largest absolute Gasteiger partial charge is 0.487 e. The molecule has 12 heteroatoms. The maximum absolute atomic E-state index is 13.7. The second-order valence-electron chi connectivity index (χ2n) is 8.88. The molecule has 0 saturated heterocycles. The van der Waals surface area contributed by atoms with Gasteiger partial charge in [0.15, 0.2) is 0 Å². The molecule has 202 valence electrons. The summed E-state index contributed by atoms with van der Waals surface area (Å²) >= 11 is 0. The molecule has 1 heterocycles. The highest BCUT2D eigenvalue weighted by Gasteiger charge is 2.39. The van der Waals surface area contributed by atoms with Crippen molar-refractivity contribution in [2.75, 3.05) is 40.5 Å². The first-order valence-electron chi connectivity index (χ1n) is 11.5. The number of halogens is 1. The van der Waals surface area contributed by atoms with E-state index in [4.69, 9.17) is 9.47 Å². The van der Waals surface area contributed by atoms with Crippen LogP contribution in [-0.2, 0) is 24.8 Å². The van der Waals surface area contributed by atoms with E-state index >= 15 is 0 Å². The lowest BCUT2D eigenvalue weighted by Crippen LogP contribution is -2.50. The van der Waals surface area contributed by atoms with E-state index in [2.05, 4.69) is 11.8 Å². The Morgan fingerprint density at radius 3 is 2.68 bits per heavy atom. The van der Waals surface area contributed by atoms with Gasteiger partial charge in [0, 0.05) is 38.2 Å². The summed E-state index contributed by atoms with van der Waals surface area (Å²) in [4.78, 5) is -0.319. The molecule has 2 aromatic carbocycles. The third kappa shape index (κ3) is 6.49. The lowest BCUT2D eigenvalue weighted by molar-refractivity contribution is 0.0904. The number of sulfonamides is 2. The summed E-state index contributed by atoms with van der Waals surface area (Å²) in [5, 5.41) is 9.76. The number of benzene rings is 2. The van der Waals surface area contributed by atoms with Crippen LogP contribution in [0.25, 0.3) is 0 Å². The van der Waals surface area contributed by atoms with E-state index in [1.54, 1.807) is 19.9 Å². The molecule has 0 unspecified atom stereocenters. The summed E-state index contributed by atoms with van der Waals surface area (Å²) in [6.45, 7) is 2.96. The van der Waals surface area contributed by atoms with Crippen molar-refractivity contribution in [2.24, 2.45) is 5.92 Å². The quantitative estimate of drug-likeness (QED) is 0.520. The van der Waals surface area contributed by atoms with Crippen molar-refractivity contribution in [3.8, 4) is 17.6 Å². The topological polar surface area (TPSA) is 113 Å². The van der Waals surface area contributed by atoms with Gasteiger partial charge in [-0.2, -0.15) is 8.61 Å². The standard InChI is InChI=1S/C25H31FN2O7S2/c1-18-15-28(19(2)17-29)37(32,33)25-11-10-20(7-6-12-34-4)13-23(25)35-24(18)16-27(3)36(30,31)22-9-5-8-21(26)14-22/h5,8-11,13-14,18-19,24,29H,12,15-17H2,1-4H3/t18-,19+,24+/m0/s1. The molecule has 1 N–H and O–H groups in total. The van der Waals surface area contributed by atoms with E-state index in [1.807, 2.05) is 0 Å². The fourth-order valence-corrected chi connectivity index (χ4v) is 6.93. The maximum atomic E-state index is 13.7. The summed E-state index contributed by atoms with van der Waals surface area (Å²) < 4.78 is 80.4. The van der Waals surface area contributed by atoms with Gasteiger partial charge in [0.1, 0.15) is 29.2 Å². The van der Waals surface area contributed by atoms with Crippen LogP contribution in [0.1, 0.15) is 19.4 Å². The number of ether oxygens (including phenoxy) is 2. The second-order valence-corrected chi connectivity index (χ2v) is 12.8. The average Bonchev–Trinajstić information content (AvgIpc) is 2.85. The van der Waals surface area contributed by atoms with E-state index in [0.717, 1.165) is 16.4 Å². The van der Waals surface area contributed by atoms with Crippen molar-refractivity contribution in [3.05, 3.63) is 53.8 Å². The van der Waals surface area contributed by atoms with Crippen LogP contribution in [0.4, 0.5) is 4.39 Å². The Morgan fingerprint density at radius 1 is 1.30 bits per heavy atom. The van der Waals surface area contributed by atoms with E-state index in [1.165, 1.54) is 42.7 Å². The lowest BCUT2D eigenvalue weighted by Gasteiger charge is -2.37. The molecule has 0 fully saturated rings. The third-order valence-corrected chi connectivity index (χ3v) is 9.90. The summed E-state index contributed by atoms with van der Waals surface area (Å²) in [5.74, 6) is 4.53. The van der Waals surface area contributed by atoms with Crippen molar-refractivity contribution in [1.29, 1.82) is 0 Å². The first kappa shape index (κ1) is 29.0. The molecule has 0 saturated carbocycles. The first-order valence-corrected chi connectivity index (χ1v) is 14.4. The summed E-state index contributed by atoms with van der Waals surface area (Å²) in [7, 11) is -5.26. The van der Waals surface area contributed by atoms with Gasteiger partial charge in [-0.1, -0.05) is 24.8 Å². The Morgan fingerprint density at radius 2 is 2.03 bits per heavy atom. The first-order chi connectivity index (χ1) is 17.4. The molecule has 0 radical (unpaired) electrons. The highest BCUT2D eigenvalue weighted by molar-refractivity contribution is 7.89. The van der Waals surface area contributed by atoms with Gasteiger partial charge in [0.25, 0.3) is 0 Å². The summed E-state index contributed by atoms with van der Waals surface area (Å²) in [5.41, 5.74) is 0.487. The molecule has 1 aliphatic rings. The molecular weight excluding hydrogens is 523 g/mol. The summed E-state index contributed by atoms with van der Waals surface area (Å²) in [6, 6.07) is 8.40. The van der Waals surface area contributed by atoms with E-state index in [-0.39, 0.29) is 35.2 Å². The van der Waals surface area contributed by atoms with Gasteiger partial charge >= 0.3 is 0 Å². The number of aliphatic hydroxyl groups excluding tert-OH is 1. The van der Waals surface area contributed by atoms with Crippen LogP contribution in [0.3, 0.4) is 0 Å². The van der Waals surface area contributed by atoms with Crippen molar-refractivity contribution < 1.29 is 35.8 Å². The van der Waals surface area contributed by atoms with Gasteiger partial charge in [-0.05, 0) is 43.3 Å². The molecule has 1 aliphatic heterocycles. The number of hydrogen-bond acceptors (Lipinski definition) is 7. The Bertz CT molecular complexity index is 1390. The Balaban J connectivity index is 2.05. The summed E-state index contributed by atoms with van der Waals surface area (Å²) in [6.07, 6.45) is -0.779. The Kier molecular flexibility index (Phi) is 9.33. The second kappa shape index (κ2) is 11.9. The van der Waals surface area contributed by atoms with Gasteiger partial charge < -0.3 is 14.6 Å². The molecule has 3 atom stereocenters. The van der Waals surface area contributed by atoms with Gasteiger partial charge in [0.05, 0.1) is 18.0 Å². The zero-order chi connectivity index (χ0) is 27.4. The molecule has 0 aliphatic carbocycles. The highest BCUT2D eigenvalue weighted by atomic mass is 32.2. The molecular formula is C25H31FN2O7S2. The molecule has 0 spiro atoms. The number of methoxy groups -OCH3 is 1. The number of hydrogen-bond donors (Lipinski definition) is 1. The zero-order valence-electron chi connectivity index (χ0n) is 21.1. The van der Waals surface area contributed by atoms with Crippen LogP contribution in [0.15, 0.2) is 52.3 Å². The highest BCUT2D eigenvalue weighted by Crippen LogP contribution is 2.34. The maximum Gasteiger partial charge on any atom is 0.247 e. The number of fused-ring (bicyclic) bond motifs is 1. The predicted molar refractivity (Wildman–Crippen MR) is 135 cm³/mol. The van der Waals surface area contributed by atoms with Crippen LogP contribution < -0.4 is 4.74 Å². The predicted octanol–water partition coefficient (Wildman–Crippen LogP) is 1.91. The molecule has 2 aromatic rings. The Labute approximate surface area is 217 Å². The van der Waals surface area contributed by atoms with Gasteiger partial charge in [-0.15, -0.1) is 0 Å². The molecule has 9 nitrogen and oxygen atoms in total. The third-order valence-electron chi connectivity index (χ3n) is 6.06. The lowest BCUT2D eigenvalue weighted by atomic mass is 10.0. The average molecular weight is 555 g/mol. The van der Waals surface area contributed by atoms with Crippen LogP contribution in [0, 0.1) is 23.6 Å². The van der Waals surface area contributed by atoms with Gasteiger partial charge in [0.2, 0.25) is 20.0 Å². The van der Waals surface area contributed by atoms with Crippen LogP contribution in [0.5, 0.6) is 5.75 Å². The fraction of sp³-hybridized carbons (Fsp3) is 0.440. The molecule has 0 bridgehead atoms. The molecule has 37 heavy (non-hydrogen) atoms. The minimum Gasteiger partial charge on any atom is -0.487 e. The number of rotatable bonds is 7. The number of aliphatic hydroxyl groups is 1. The fourth-order valence-electron chi connectivity index (χ4n) is 3.89. The van der Waals surface area contributed by atoms with Crippen molar-refractivity contribution in [2.45, 2.75) is 35.8 Å². The van der Waals surface area contributed by atoms with Crippen molar-refractivity contribution >= 4 is 20.0 Å². The van der Waals surface area contributed by atoms with Gasteiger partial charge in [-0.25, -0.2) is 21.2 Å². The minimum atomic E-state index is -4.06. The smallest absolute Gasteiger partial charge is 0.247 e. The van der Waals surface area contributed by atoms with Crippen LogP contribution in [0.2, 0.25) is 0 Å². The number of nitrogens with zero attached hydrogens (tertiary/aromatic N) is 2. The van der Waals surface area contributed by atoms with Crippen LogP contribution >= 0.6 is 0 Å². The number of likely N-dealkylation sites (N-methyl/N-ethyl adjacent to an activating group) is 1. The zero-order valence-corrected chi connectivity index (χ0v) is 22.7. The normalized spacial score (nSPS) is 20.6. The van der Waals surface area contributed by atoms with Gasteiger partial charge in [-0.3, -0.25) is 0 Å². The molecule has 0 aromatic heterocycles. The Hall–Kier alpha value is -2.53. The molecule has 3 rings (SSSR count). The SMILES string of the molecule is COCC#Cc1ccc2c(c1)O[C@H](CN(C)S(=O)(=O)c1cccc(F)c1)[C@@H](C)CN([C@H](C)CO)S2(=O)=O. The molecule has 0 amide bonds. The van der Waals surface area contributed by atoms with Crippen molar-refractivity contribution in [3.63, 3.8) is 0 Å². The van der Waals surface area contributed by atoms with Crippen LogP contribution in [-0.4, -0.2) is 83.2 Å². The minimum absolute atomic E-state index is 0.0165. The monoisotopic (exact) mass is 554 g/mol. The van der Waals surface area contributed by atoms with E-state index < -0.39 is 50.5 Å². The van der Waals surface area contributed by atoms with Crippen molar-refractivity contribution in [1.82, 2.24) is 8.61 Å².